The summed E-state index contributed by atoms with van der Waals surface area (Å²) >= 11 is 0. The number of hydrogen-bond acceptors (Lipinski definition) is 6. The second-order valence-corrected chi connectivity index (χ2v) is 11.5. The van der Waals surface area contributed by atoms with Crippen LogP contribution in [-0.2, 0) is 28.4 Å². The molecule has 0 spiro atoms. The zero-order valence-electron chi connectivity index (χ0n) is 22.7. The minimum absolute atomic E-state index is 0.137. The maximum atomic E-state index is 15.2. The molecule has 0 N–H and O–H groups in total. The van der Waals surface area contributed by atoms with Crippen LogP contribution in [-0.4, -0.2) is 64.4 Å². The van der Waals surface area contributed by atoms with Crippen LogP contribution in [0.2, 0.25) is 0 Å². The minimum Gasteiger partial charge on any atom is -0.371 e. The summed E-state index contributed by atoms with van der Waals surface area (Å²) in [6.07, 6.45) is 9.35. The van der Waals surface area contributed by atoms with Crippen molar-refractivity contribution >= 4 is 0 Å². The van der Waals surface area contributed by atoms with Crippen LogP contribution >= 0.6 is 0 Å². The largest absolute Gasteiger partial charge is 0.371 e. The lowest BCUT2D eigenvalue weighted by molar-refractivity contribution is -0.102. The van der Waals surface area contributed by atoms with Gasteiger partial charge in [-0.15, -0.1) is 0 Å². The lowest BCUT2D eigenvalue weighted by atomic mass is 9.81. The van der Waals surface area contributed by atoms with Crippen LogP contribution in [0.5, 0.6) is 0 Å². The standard InChI is InChI=1S/C32H41FO6/c33-32-15-26(24-7-12-28(13-8-24)39-21-35-17-30-19-37-30)9-14-31(32)25-3-1-22(2-4-25)23-5-10-27(11-6-23)38-20-34-16-29-18-36-29/h1-4,9,14-15,23-24,27-30H,5-8,10-13,16-21H2. The van der Waals surface area contributed by atoms with Crippen LogP contribution in [0.3, 0.4) is 0 Å². The molecule has 4 aliphatic rings. The molecule has 2 unspecified atom stereocenters. The van der Waals surface area contributed by atoms with Gasteiger partial charge in [0.1, 0.15) is 31.6 Å². The number of ether oxygens (including phenoxy) is 6. The predicted molar refractivity (Wildman–Crippen MR) is 145 cm³/mol. The van der Waals surface area contributed by atoms with Gasteiger partial charge in [0.25, 0.3) is 0 Å². The van der Waals surface area contributed by atoms with Crippen molar-refractivity contribution in [2.45, 2.75) is 87.6 Å². The highest BCUT2D eigenvalue weighted by atomic mass is 19.1. The molecule has 2 aromatic rings. The summed E-state index contributed by atoms with van der Waals surface area (Å²) in [4.78, 5) is 0. The number of halogens is 1. The van der Waals surface area contributed by atoms with Gasteiger partial charge in [-0.25, -0.2) is 4.39 Å². The van der Waals surface area contributed by atoms with Gasteiger partial charge in [0, 0.05) is 5.56 Å². The van der Waals surface area contributed by atoms with Gasteiger partial charge in [-0.2, -0.15) is 0 Å². The summed E-state index contributed by atoms with van der Waals surface area (Å²) in [5, 5.41) is 0. The molecule has 0 aromatic heterocycles. The molecule has 2 aliphatic heterocycles. The average molecular weight is 541 g/mol. The first-order valence-electron chi connectivity index (χ1n) is 14.7. The fraction of sp³-hybridized carbons (Fsp3) is 0.625. The van der Waals surface area contributed by atoms with Crippen LogP contribution in [0.25, 0.3) is 11.1 Å². The van der Waals surface area contributed by atoms with Crippen LogP contribution in [0, 0.1) is 5.82 Å². The Morgan fingerprint density at radius 1 is 0.641 bits per heavy atom. The number of hydrogen-bond donors (Lipinski definition) is 0. The van der Waals surface area contributed by atoms with E-state index in [1.807, 2.05) is 6.07 Å². The van der Waals surface area contributed by atoms with Crippen molar-refractivity contribution in [3.05, 3.63) is 59.4 Å². The average Bonchev–Trinajstić information content (AvgIpc) is 3.91. The fourth-order valence-electron chi connectivity index (χ4n) is 6.06. The van der Waals surface area contributed by atoms with E-state index in [-0.39, 0.29) is 30.2 Å². The first-order chi connectivity index (χ1) is 19.2. The Morgan fingerprint density at radius 3 is 1.62 bits per heavy atom. The van der Waals surface area contributed by atoms with Crippen molar-refractivity contribution in [2.24, 2.45) is 0 Å². The van der Waals surface area contributed by atoms with Gasteiger partial charge in [-0.05, 0) is 86.0 Å². The highest BCUT2D eigenvalue weighted by Crippen LogP contribution is 2.37. The third-order valence-corrected chi connectivity index (χ3v) is 8.69. The highest BCUT2D eigenvalue weighted by Gasteiger charge is 2.27. The molecular formula is C32H41FO6. The van der Waals surface area contributed by atoms with E-state index in [9.17, 15) is 0 Å². The molecule has 4 fully saturated rings. The van der Waals surface area contributed by atoms with Crippen molar-refractivity contribution < 1.29 is 32.8 Å². The second-order valence-electron chi connectivity index (χ2n) is 11.5. The molecule has 0 amide bonds. The summed E-state index contributed by atoms with van der Waals surface area (Å²) in [5.41, 5.74) is 4.04. The van der Waals surface area contributed by atoms with E-state index in [0.29, 0.717) is 44.2 Å². The molecule has 2 saturated carbocycles. The molecule has 2 heterocycles. The zero-order chi connectivity index (χ0) is 26.4. The Balaban J connectivity index is 0.949. The van der Waals surface area contributed by atoms with Crippen LogP contribution in [0.15, 0.2) is 42.5 Å². The molecule has 212 valence electrons. The summed E-state index contributed by atoms with van der Waals surface area (Å²) in [6, 6.07) is 14.3. The van der Waals surface area contributed by atoms with Gasteiger partial charge in [0.2, 0.25) is 0 Å². The SMILES string of the molecule is Fc1cc(C2CCC(OCOCC3CO3)CC2)ccc1-c1ccc(C2CCC(OCOCC3CO3)CC2)cc1. The minimum atomic E-state index is -0.137. The van der Waals surface area contributed by atoms with Crippen LogP contribution < -0.4 is 0 Å². The van der Waals surface area contributed by atoms with Crippen LogP contribution in [0.1, 0.15) is 74.3 Å². The van der Waals surface area contributed by atoms with E-state index in [1.165, 1.54) is 5.56 Å². The van der Waals surface area contributed by atoms with Gasteiger partial charge in [0.05, 0.1) is 38.6 Å². The third kappa shape index (κ3) is 7.87. The molecular weight excluding hydrogens is 499 g/mol. The molecule has 0 radical (unpaired) electrons. The van der Waals surface area contributed by atoms with Gasteiger partial charge in [-0.1, -0.05) is 36.4 Å². The molecule has 2 aliphatic carbocycles. The molecule has 6 nitrogen and oxygen atoms in total. The molecule has 39 heavy (non-hydrogen) atoms. The van der Waals surface area contributed by atoms with Gasteiger partial charge < -0.3 is 28.4 Å². The van der Waals surface area contributed by atoms with Crippen molar-refractivity contribution in [1.82, 2.24) is 0 Å². The van der Waals surface area contributed by atoms with E-state index < -0.39 is 0 Å². The van der Waals surface area contributed by atoms with E-state index >= 15 is 4.39 Å². The summed E-state index contributed by atoms with van der Waals surface area (Å²) < 4.78 is 48.3. The Labute approximate surface area is 231 Å². The maximum Gasteiger partial charge on any atom is 0.147 e. The van der Waals surface area contributed by atoms with Gasteiger partial charge >= 0.3 is 0 Å². The Kier molecular flexibility index (Phi) is 9.24. The molecule has 0 bridgehead atoms. The van der Waals surface area contributed by atoms with Crippen LogP contribution in [0.4, 0.5) is 4.39 Å². The van der Waals surface area contributed by atoms with E-state index in [2.05, 4.69) is 30.3 Å². The third-order valence-electron chi connectivity index (χ3n) is 8.69. The summed E-state index contributed by atoms with van der Waals surface area (Å²) in [5.74, 6) is 0.779. The highest BCUT2D eigenvalue weighted by molar-refractivity contribution is 5.65. The Morgan fingerprint density at radius 2 is 1.13 bits per heavy atom. The van der Waals surface area contributed by atoms with Crippen molar-refractivity contribution in [3.63, 3.8) is 0 Å². The lowest BCUT2D eigenvalue weighted by Gasteiger charge is -2.29. The first-order valence-corrected chi connectivity index (χ1v) is 14.7. The second kappa shape index (κ2) is 13.2. The maximum absolute atomic E-state index is 15.2. The van der Waals surface area contributed by atoms with E-state index in [1.54, 1.807) is 6.07 Å². The van der Waals surface area contributed by atoms with E-state index in [0.717, 1.165) is 75.7 Å². The Hall–Kier alpha value is -1.87. The zero-order valence-corrected chi connectivity index (χ0v) is 22.7. The van der Waals surface area contributed by atoms with Gasteiger partial charge in [-0.3, -0.25) is 0 Å². The van der Waals surface area contributed by atoms with Crippen molar-refractivity contribution in [2.75, 3.05) is 40.0 Å². The van der Waals surface area contributed by atoms with Crippen molar-refractivity contribution in [3.8, 4) is 11.1 Å². The molecule has 2 aromatic carbocycles. The number of rotatable bonds is 13. The summed E-state index contributed by atoms with van der Waals surface area (Å²) in [6.45, 7) is 3.56. The molecule has 2 atom stereocenters. The monoisotopic (exact) mass is 540 g/mol. The molecule has 6 rings (SSSR count). The number of epoxide rings is 2. The first kappa shape index (κ1) is 27.3. The predicted octanol–water partition coefficient (Wildman–Crippen LogP) is 6.32. The summed E-state index contributed by atoms with van der Waals surface area (Å²) in [7, 11) is 0. The molecule has 7 heteroatoms. The van der Waals surface area contributed by atoms with E-state index in [4.69, 9.17) is 28.4 Å². The Bertz CT molecular complexity index is 1040. The molecule has 2 saturated heterocycles. The smallest absolute Gasteiger partial charge is 0.147 e. The lowest BCUT2D eigenvalue weighted by Crippen LogP contribution is -2.22. The quantitative estimate of drug-likeness (QED) is 0.168. The topological polar surface area (TPSA) is 62.0 Å². The fourth-order valence-corrected chi connectivity index (χ4v) is 6.06. The van der Waals surface area contributed by atoms with Gasteiger partial charge in [0.15, 0.2) is 0 Å². The number of benzene rings is 2. The normalized spacial score (nSPS) is 30.3. The van der Waals surface area contributed by atoms with Crippen molar-refractivity contribution in [1.29, 1.82) is 0 Å².